The highest BCUT2D eigenvalue weighted by Crippen LogP contribution is 2.26. The van der Waals surface area contributed by atoms with Crippen molar-refractivity contribution in [2.24, 2.45) is 0 Å². The van der Waals surface area contributed by atoms with Gasteiger partial charge >= 0.3 is 0 Å². The molecular weight excluding hydrogens is 448 g/mol. The third-order valence-corrected chi connectivity index (χ3v) is 6.81. The molecule has 34 heavy (non-hydrogen) atoms. The van der Waals surface area contributed by atoms with Crippen molar-refractivity contribution in [1.82, 2.24) is 9.80 Å². The SMILES string of the molecule is COc1cccc(CN2CCN(C(=O)c3ccc(COc4cc(C)c(Cl)c(C)c4)cc3)CC2)c1. The first kappa shape index (κ1) is 24.1. The summed E-state index contributed by atoms with van der Waals surface area (Å²) >= 11 is 6.23. The lowest BCUT2D eigenvalue weighted by molar-refractivity contribution is 0.0628. The Balaban J connectivity index is 1.28. The Bertz CT molecular complexity index is 1120. The van der Waals surface area contributed by atoms with Gasteiger partial charge in [-0.2, -0.15) is 0 Å². The Morgan fingerprint density at radius 2 is 1.56 bits per heavy atom. The number of benzene rings is 3. The number of ether oxygens (including phenoxy) is 2. The molecule has 0 unspecified atom stereocenters. The Kier molecular flexibility index (Phi) is 7.76. The molecule has 5 nitrogen and oxygen atoms in total. The molecule has 3 aromatic carbocycles. The number of nitrogens with zero attached hydrogens (tertiary/aromatic N) is 2. The number of halogens is 1. The van der Waals surface area contributed by atoms with Crippen LogP contribution in [0.5, 0.6) is 11.5 Å². The zero-order chi connectivity index (χ0) is 24.1. The van der Waals surface area contributed by atoms with E-state index in [0.717, 1.165) is 65.9 Å². The molecule has 0 N–H and O–H groups in total. The molecule has 1 aliphatic rings. The molecule has 1 amide bonds. The van der Waals surface area contributed by atoms with Crippen molar-refractivity contribution in [1.29, 1.82) is 0 Å². The van der Waals surface area contributed by atoms with Crippen LogP contribution in [0.4, 0.5) is 0 Å². The van der Waals surface area contributed by atoms with E-state index in [4.69, 9.17) is 21.1 Å². The van der Waals surface area contributed by atoms with E-state index >= 15 is 0 Å². The molecule has 0 atom stereocenters. The van der Waals surface area contributed by atoms with Crippen molar-refractivity contribution >= 4 is 17.5 Å². The lowest BCUT2D eigenvalue weighted by atomic mass is 10.1. The number of aryl methyl sites for hydroxylation is 2. The molecule has 1 fully saturated rings. The molecular formula is C28H31ClN2O3. The second-order valence-corrected chi connectivity index (χ2v) is 9.15. The van der Waals surface area contributed by atoms with Gasteiger partial charge in [0, 0.05) is 43.3 Å². The maximum atomic E-state index is 13.0. The molecule has 1 aliphatic heterocycles. The first-order valence-electron chi connectivity index (χ1n) is 11.6. The molecule has 0 radical (unpaired) electrons. The Morgan fingerprint density at radius 1 is 0.882 bits per heavy atom. The highest BCUT2D eigenvalue weighted by atomic mass is 35.5. The van der Waals surface area contributed by atoms with Gasteiger partial charge in [0.2, 0.25) is 0 Å². The van der Waals surface area contributed by atoms with Crippen LogP contribution in [0.3, 0.4) is 0 Å². The number of amides is 1. The van der Waals surface area contributed by atoms with Gasteiger partial charge in [0.1, 0.15) is 18.1 Å². The van der Waals surface area contributed by atoms with Gasteiger partial charge in [0.15, 0.2) is 0 Å². The Labute approximate surface area is 206 Å². The van der Waals surface area contributed by atoms with Crippen LogP contribution >= 0.6 is 11.6 Å². The molecule has 0 bridgehead atoms. The standard InChI is InChI=1S/C28H31ClN2O3/c1-20-15-26(16-21(2)27(20)29)34-19-22-7-9-24(10-8-22)28(32)31-13-11-30(12-14-31)18-23-5-4-6-25(17-23)33-3/h4-10,15-17H,11-14,18-19H2,1-3H3. The van der Waals surface area contributed by atoms with E-state index in [1.807, 2.05) is 67.3 Å². The number of methoxy groups -OCH3 is 1. The molecule has 0 aromatic heterocycles. The van der Waals surface area contributed by atoms with Crippen LogP contribution < -0.4 is 9.47 Å². The summed E-state index contributed by atoms with van der Waals surface area (Å²) in [5, 5.41) is 0.774. The summed E-state index contributed by atoms with van der Waals surface area (Å²) < 4.78 is 11.3. The van der Waals surface area contributed by atoms with Crippen LogP contribution in [0.15, 0.2) is 60.7 Å². The number of carbonyl (C=O) groups excluding carboxylic acids is 1. The first-order valence-corrected chi connectivity index (χ1v) is 11.9. The topological polar surface area (TPSA) is 42.0 Å². The lowest BCUT2D eigenvalue weighted by Gasteiger charge is -2.34. The number of piperazine rings is 1. The van der Waals surface area contributed by atoms with Crippen molar-refractivity contribution in [2.75, 3.05) is 33.3 Å². The summed E-state index contributed by atoms with van der Waals surface area (Å²) in [7, 11) is 1.68. The van der Waals surface area contributed by atoms with Gasteiger partial charge in [-0.25, -0.2) is 0 Å². The molecule has 178 valence electrons. The highest BCUT2D eigenvalue weighted by Gasteiger charge is 2.22. The highest BCUT2D eigenvalue weighted by molar-refractivity contribution is 6.32. The van der Waals surface area contributed by atoms with Gasteiger partial charge in [-0.3, -0.25) is 9.69 Å². The van der Waals surface area contributed by atoms with Gasteiger partial charge in [0.25, 0.3) is 5.91 Å². The normalized spacial score (nSPS) is 14.2. The van der Waals surface area contributed by atoms with E-state index < -0.39 is 0 Å². The predicted octanol–water partition coefficient (Wildman–Crippen LogP) is 5.50. The van der Waals surface area contributed by atoms with Crippen molar-refractivity contribution in [3.63, 3.8) is 0 Å². The molecule has 0 saturated carbocycles. The van der Waals surface area contributed by atoms with E-state index in [9.17, 15) is 4.79 Å². The minimum absolute atomic E-state index is 0.0810. The average Bonchev–Trinajstić information content (AvgIpc) is 2.86. The molecule has 3 aromatic rings. The predicted molar refractivity (Wildman–Crippen MR) is 136 cm³/mol. The maximum absolute atomic E-state index is 13.0. The average molecular weight is 479 g/mol. The number of rotatable bonds is 7. The zero-order valence-electron chi connectivity index (χ0n) is 20.0. The molecule has 0 aliphatic carbocycles. The van der Waals surface area contributed by atoms with E-state index in [-0.39, 0.29) is 5.91 Å². The molecule has 1 saturated heterocycles. The molecule has 0 spiro atoms. The number of hydrogen-bond acceptors (Lipinski definition) is 4. The van der Waals surface area contributed by atoms with Crippen LogP contribution in [-0.2, 0) is 13.2 Å². The second kappa shape index (κ2) is 10.9. The second-order valence-electron chi connectivity index (χ2n) is 8.78. The fourth-order valence-corrected chi connectivity index (χ4v) is 4.33. The number of carbonyl (C=O) groups is 1. The van der Waals surface area contributed by atoms with Crippen LogP contribution in [-0.4, -0.2) is 49.0 Å². The summed E-state index contributed by atoms with van der Waals surface area (Å²) in [4.78, 5) is 17.3. The summed E-state index contributed by atoms with van der Waals surface area (Å²) in [5.41, 5.74) is 4.95. The fraction of sp³-hybridized carbons (Fsp3) is 0.321. The van der Waals surface area contributed by atoms with Crippen molar-refractivity contribution in [3.8, 4) is 11.5 Å². The smallest absolute Gasteiger partial charge is 0.253 e. The van der Waals surface area contributed by atoms with Crippen LogP contribution in [0.25, 0.3) is 0 Å². The Hall–Kier alpha value is -3.02. The minimum Gasteiger partial charge on any atom is -0.497 e. The van der Waals surface area contributed by atoms with Crippen LogP contribution in [0, 0.1) is 13.8 Å². The van der Waals surface area contributed by atoms with E-state index in [0.29, 0.717) is 12.2 Å². The number of hydrogen-bond donors (Lipinski definition) is 0. The van der Waals surface area contributed by atoms with Gasteiger partial charge in [-0.1, -0.05) is 35.9 Å². The van der Waals surface area contributed by atoms with Crippen LogP contribution in [0.2, 0.25) is 5.02 Å². The first-order chi connectivity index (χ1) is 16.4. The third kappa shape index (κ3) is 5.91. The fourth-order valence-electron chi connectivity index (χ4n) is 4.22. The Morgan fingerprint density at radius 3 is 2.21 bits per heavy atom. The van der Waals surface area contributed by atoms with Crippen molar-refractivity contribution in [3.05, 3.63) is 93.5 Å². The van der Waals surface area contributed by atoms with E-state index in [1.165, 1.54) is 5.56 Å². The lowest BCUT2D eigenvalue weighted by Crippen LogP contribution is -2.48. The van der Waals surface area contributed by atoms with Gasteiger partial charge in [0.05, 0.1) is 7.11 Å². The largest absolute Gasteiger partial charge is 0.497 e. The minimum atomic E-state index is 0.0810. The zero-order valence-corrected chi connectivity index (χ0v) is 20.8. The summed E-state index contributed by atoms with van der Waals surface area (Å²) in [6.45, 7) is 8.41. The maximum Gasteiger partial charge on any atom is 0.253 e. The van der Waals surface area contributed by atoms with Crippen molar-refractivity contribution < 1.29 is 14.3 Å². The third-order valence-electron chi connectivity index (χ3n) is 6.22. The molecule has 6 heteroatoms. The van der Waals surface area contributed by atoms with Gasteiger partial charge < -0.3 is 14.4 Å². The summed E-state index contributed by atoms with van der Waals surface area (Å²) in [6, 6.07) is 19.7. The van der Waals surface area contributed by atoms with E-state index in [2.05, 4.69) is 17.0 Å². The summed E-state index contributed by atoms with van der Waals surface area (Å²) in [5.74, 6) is 1.75. The van der Waals surface area contributed by atoms with Crippen molar-refractivity contribution in [2.45, 2.75) is 27.0 Å². The quantitative estimate of drug-likeness (QED) is 0.449. The monoisotopic (exact) mass is 478 g/mol. The van der Waals surface area contributed by atoms with Crippen LogP contribution in [0.1, 0.15) is 32.6 Å². The van der Waals surface area contributed by atoms with E-state index in [1.54, 1.807) is 7.11 Å². The van der Waals surface area contributed by atoms with Gasteiger partial charge in [-0.05, 0) is 72.5 Å². The molecule has 4 rings (SSSR count). The molecule has 1 heterocycles. The summed E-state index contributed by atoms with van der Waals surface area (Å²) in [6.07, 6.45) is 0. The van der Waals surface area contributed by atoms with Gasteiger partial charge in [-0.15, -0.1) is 0 Å².